The normalized spacial score (nSPS) is 10.5. The summed E-state index contributed by atoms with van der Waals surface area (Å²) in [5.41, 5.74) is 4.61. The summed E-state index contributed by atoms with van der Waals surface area (Å²) < 4.78 is 19.4. The number of carbonyl (C=O) groups is 1. The standard InChI is InChI=1S/C31H34N2O5.Na.H/c1-36-26-20-19-25(22-27(26)37-2)33-30(24-16-10-7-11-17-24)29(23-14-8-6-9-15-23)32-31(33)38-21-13-5-3-4-12-18-28(34)35;;/h6-11,14-17,19-20,22H,3-5,12-13,18,21H2,1-2H3,(H,34,35);;. The first kappa shape index (κ1) is 30.3. The maximum absolute atomic E-state index is 10.7. The second kappa shape index (κ2) is 15.4. The van der Waals surface area contributed by atoms with Gasteiger partial charge in [-0.2, -0.15) is 4.98 Å². The fourth-order valence-corrected chi connectivity index (χ4v) is 4.43. The summed E-state index contributed by atoms with van der Waals surface area (Å²) in [5, 5.41) is 8.81. The van der Waals surface area contributed by atoms with E-state index in [1.54, 1.807) is 14.2 Å². The van der Waals surface area contributed by atoms with Gasteiger partial charge in [-0.3, -0.25) is 9.36 Å². The number of unbranched alkanes of at least 4 members (excludes halogenated alkanes) is 4. The molecule has 1 aromatic heterocycles. The van der Waals surface area contributed by atoms with Crippen molar-refractivity contribution in [2.24, 2.45) is 0 Å². The van der Waals surface area contributed by atoms with Gasteiger partial charge in [0.15, 0.2) is 11.5 Å². The second-order valence-corrected chi connectivity index (χ2v) is 8.96. The summed E-state index contributed by atoms with van der Waals surface area (Å²) in [5.74, 6) is 0.524. The molecule has 0 atom stereocenters. The monoisotopic (exact) mass is 538 g/mol. The molecule has 0 saturated carbocycles. The third-order valence-electron chi connectivity index (χ3n) is 6.33. The van der Waals surface area contributed by atoms with E-state index in [4.69, 9.17) is 24.3 Å². The number of hydrogen-bond acceptors (Lipinski definition) is 5. The zero-order valence-corrected chi connectivity index (χ0v) is 21.9. The SMILES string of the molecule is COc1ccc(-n2c(OCCCCCCCC(=O)O)nc(-c3ccccc3)c2-c2ccccc2)cc1OC.[NaH]. The molecule has 1 N–H and O–H groups in total. The molecule has 0 bridgehead atoms. The number of ether oxygens (including phenoxy) is 3. The molecular weight excluding hydrogens is 503 g/mol. The van der Waals surface area contributed by atoms with Crippen LogP contribution in [0.5, 0.6) is 17.5 Å². The van der Waals surface area contributed by atoms with Crippen molar-refractivity contribution in [3.8, 4) is 45.7 Å². The van der Waals surface area contributed by atoms with Crippen molar-refractivity contribution in [1.82, 2.24) is 9.55 Å². The van der Waals surface area contributed by atoms with Crippen LogP contribution in [0.4, 0.5) is 0 Å². The Morgan fingerprint density at radius 3 is 2.05 bits per heavy atom. The van der Waals surface area contributed by atoms with E-state index in [2.05, 4.69) is 24.3 Å². The van der Waals surface area contributed by atoms with Crippen molar-refractivity contribution in [2.75, 3.05) is 20.8 Å². The molecule has 0 aliphatic carbocycles. The van der Waals surface area contributed by atoms with E-state index in [9.17, 15) is 4.79 Å². The van der Waals surface area contributed by atoms with Crippen LogP contribution in [0.3, 0.4) is 0 Å². The van der Waals surface area contributed by atoms with Gasteiger partial charge in [0.05, 0.1) is 32.2 Å². The molecule has 200 valence electrons. The molecule has 0 unspecified atom stereocenters. The Morgan fingerprint density at radius 2 is 1.41 bits per heavy atom. The van der Waals surface area contributed by atoms with E-state index in [0.29, 0.717) is 30.5 Å². The second-order valence-electron chi connectivity index (χ2n) is 8.96. The van der Waals surface area contributed by atoms with Gasteiger partial charge in [0, 0.05) is 23.6 Å². The Balaban J connectivity index is 0.00000420. The van der Waals surface area contributed by atoms with Crippen LogP contribution in [0.1, 0.15) is 38.5 Å². The Bertz CT molecular complexity index is 1330. The van der Waals surface area contributed by atoms with Crippen LogP contribution in [-0.4, -0.2) is 71.0 Å². The zero-order valence-electron chi connectivity index (χ0n) is 21.9. The molecule has 4 rings (SSSR count). The molecule has 7 nitrogen and oxygen atoms in total. The predicted molar refractivity (Wildman–Crippen MR) is 156 cm³/mol. The molecule has 1 heterocycles. The summed E-state index contributed by atoms with van der Waals surface area (Å²) in [6.07, 6.45) is 4.64. The molecule has 3 aromatic carbocycles. The molecule has 39 heavy (non-hydrogen) atoms. The van der Waals surface area contributed by atoms with Crippen molar-refractivity contribution in [3.05, 3.63) is 78.9 Å². The van der Waals surface area contributed by atoms with E-state index in [-0.39, 0.29) is 36.0 Å². The predicted octanol–water partition coefficient (Wildman–Crippen LogP) is 6.38. The molecule has 0 fully saturated rings. The van der Waals surface area contributed by atoms with E-state index < -0.39 is 5.97 Å². The Morgan fingerprint density at radius 1 is 0.795 bits per heavy atom. The average Bonchev–Trinajstić information content (AvgIpc) is 3.34. The fraction of sp³-hybridized carbons (Fsp3) is 0.290. The first-order valence-electron chi connectivity index (χ1n) is 12.9. The molecule has 0 aliphatic rings. The Hall–Kier alpha value is -3.26. The van der Waals surface area contributed by atoms with Crippen molar-refractivity contribution < 1.29 is 24.1 Å². The third-order valence-corrected chi connectivity index (χ3v) is 6.33. The van der Waals surface area contributed by atoms with Crippen LogP contribution in [0.25, 0.3) is 28.2 Å². The summed E-state index contributed by atoms with van der Waals surface area (Å²) in [6, 6.07) is 26.5. The van der Waals surface area contributed by atoms with Crippen LogP contribution < -0.4 is 14.2 Å². The third kappa shape index (κ3) is 7.88. The van der Waals surface area contributed by atoms with Gasteiger partial charge in [0.25, 0.3) is 0 Å². The molecule has 0 radical (unpaired) electrons. The number of aliphatic carboxylic acids is 1. The summed E-state index contributed by atoms with van der Waals surface area (Å²) in [7, 11) is 3.24. The fourth-order valence-electron chi connectivity index (χ4n) is 4.43. The number of nitrogens with zero attached hydrogens (tertiary/aromatic N) is 2. The molecular formula is C31H35N2NaO5. The minimum absolute atomic E-state index is 0. The van der Waals surface area contributed by atoms with E-state index in [1.165, 1.54) is 0 Å². The number of benzene rings is 3. The zero-order chi connectivity index (χ0) is 26.7. The Kier molecular flexibility index (Phi) is 11.9. The van der Waals surface area contributed by atoms with Gasteiger partial charge in [-0.1, -0.05) is 79.9 Å². The molecule has 0 aliphatic heterocycles. The van der Waals surface area contributed by atoms with Crippen molar-refractivity contribution in [1.29, 1.82) is 0 Å². The first-order chi connectivity index (χ1) is 18.6. The van der Waals surface area contributed by atoms with Crippen LogP contribution in [0.15, 0.2) is 78.9 Å². The Labute approximate surface area is 252 Å². The van der Waals surface area contributed by atoms with Crippen LogP contribution in [0, 0.1) is 0 Å². The minimum atomic E-state index is -0.737. The quantitative estimate of drug-likeness (QED) is 0.148. The number of carboxylic acid groups (broad SMARTS) is 1. The summed E-state index contributed by atoms with van der Waals surface area (Å²) in [4.78, 5) is 15.7. The molecule has 8 heteroatoms. The molecule has 0 saturated heterocycles. The van der Waals surface area contributed by atoms with E-state index >= 15 is 0 Å². The summed E-state index contributed by atoms with van der Waals surface area (Å²) >= 11 is 0. The summed E-state index contributed by atoms with van der Waals surface area (Å²) in [6.45, 7) is 0.506. The van der Waals surface area contributed by atoms with Crippen LogP contribution in [-0.2, 0) is 4.79 Å². The number of methoxy groups -OCH3 is 2. The maximum atomic E-state index is 10.7. The number of aromatic nitrogens is 2. The number of carboxylic acids is 1. The average molecular weight is 539 g/mol. The number of imidazole rings is 1. The van der Waals surface area contributed by atoms with Crippen molar-refractivity contribution >= 4 is 35.5 Å². The van der Waals surface area contributed by atoms with Crippen LogP contribution in [0.2, 0.25) is 0 Å². The van der Waals surface area contributed by atoms with Gasteiger partial charge in [0.2, 0.25) is 0 Å². The van der Waals surface area contributed by atoms with Gasteiger partial charge in [-0.25, -0.2) is 0 Å². The first-order valence-corrected chi connectivity index (χ1v) is 12.9. The molecule has 4 aromatic rings. The van der Waals surface area contributed by atoms with Gasteiger partial charge in [-0.05, 0) is 25.0 Å². The van der Waals surface area contributed by atoms with Gasteiger partial charge in [0.1, 0.15) is 5.69 Å². The van der Waals surface area contributed by atoms with Gasteiger partial charge >= 0.3 is 41.5 Å². The van der Waals surface area contributed by atoms with Gasteiger partial charge < -0.3 is 19.3 Å². The van der Waals surface area contributed by atoms with E-state index in [1.807, 2.05) is 59.2 Å². The molecule has 0 amide bonds. The molecule has 0 spiro atoms. The van der Waals surface area contributed by atoms with Crippen molar-refractivity contribution in [3.63, 3.8) is 0 Å². The topological polar surface area (TPSA) is 82.8 Å². The number of rotatable bonds is 14. The number of hydrogen-bond donors (Lipinski definition) is 1. The van der Waals surface area contributed by atoms with Gasteiger partial charge in [-0.15, -0.1) is 0 Å². The van der Waals surface area contributed by atoms with E-state index in [0.717, 1.165) is 53.9 Å². The van der Waals surface area contributed by atoms with Crippen molar-refractivity contribution in [2.45, 2.75) is 38.5 Å². The van der Waals surface area contributed by atoms with Crippen LogP contribution >= 0.6 is 0 Å².